The highest BCUT2D eigenvalue weighted by molar-refractivity contribution is 5.78. The summed E-state index contributed by atoms with van der Waals surface area (Å²) in [6, 6.07) is 3.86. The second kappa shape index (κ2) is 5.77. The number of hydrogen-bond donors (Lipinski definition) is 2. The molecule has 2 atom stereocenters. The van der Waals surface area contributed by atoms with E-state index in [1.165, 1.54) is 0 Å². The van der Waals surface area contributed by atoms with Crippen LogP contribution < -0.4 is 5.32 Å². The lowest BCUT2D eigenvalue weighted by Gasteiger charge is -2.18. The Balaban J connectivity index is 1.85. The van der Waals surface area contributed by atoms with Gasteiger partial charge in [-0.25, -0.2) is 0 Å². The fraction of sp³-hybridized carbons (Fsp3) is 0.538. The van der Waals surface area contributed by atoms with Gasteiger partial charge in [-0.05, 0) is 24.5 Å². The van der Waals surface area contributed by atoms with Crippen molar-refractivity contribution in [2.45, 2.75) is 31.7 Å². The monoisotopic (exact) mass is 234 g/mol. The molecule has 1 aromatic heterocycles. The predicted octanol–water partition coefficient (Wildman–Crippen LogP) is 0.901. The first kappa shape index (κ1) is 12.0. The number of carbonyl (C=O) groups is 1. The van der Waals surface area contributed by atoms with Gasteiger partial charge in [0.2, 0.25) is 5.91 Å². The zero-order valence-electron chi connectivity index (χ0n) is 9.80. The van der Waals surface area contributed by atoms with E-state index in [0.29, 0.717) is 6.42 Å². The maximum absolute atomic E-state index is 11.8. The number of nitrogens with zero attached hydrogens (tertiary/aromatic N) is 1. The first-order valence-electron chi connectivity index (χ1n) is 6.08. The van der Waals surface area contributed by atoms with Crippen molar-refractivity contribution < 1.29 is 9.90 Å². The summed E-state index contributed by atoms with van der Waals surface area (Å²) in [5.41, 5.74) is 0.920. The second-order valence-electron chi connectivity index (χ2n) is 4.59. The summed E-state index contributed by atoms with van der Waals surface area (Å²) >= 11 is 0. The maximum Gasteiger partial charge on any atom is 0.224 e. The van der Waals surface area contributed by atoms with Gasteiger partial charge in [-0.1, -0.05) is 12.5 Å². The standard InChI is InChI=1S/C13H18N2O2/c16-9-11-4-1-5-12(11)15-13(17)7-10-3-2-6-14-8-10/h2-3,6,8,11-12,16H,1,4-5,7,9H2,(H,15,17). The summed E-state index contributed by atoms with van der Waals surface area (Å²) in [4.78, 5) is 15.8. The first-order valence-corrected chi connectivity index (χ1v) is 6.08. The molecule has 92 valence electrons. The van der Waals surface area contributed by atoms with Crippen LogP contribution >= 0.6 is 0 Å². The minimum absolute atomic E-state index is 0.0170. The molecule has 2 N–H and O–H groups in total. The van der Waals surface area contributed by atoms with E-state index >= 15 is 0 Å². The molecule has 0 aromatic carbocycles. The van der Waals surface area contributed by atoms with Crippen LogP contribution in [0, 0.1) is 5.92 Å². The Bertz CT molecular complexity index is 367. The third kappa shape index (κ3) is 3.27. The van der Waals surface area contributed by atoms with Crippen molar-refractivity contribution in [1.29, 1.82) is 0 Å². The third-order valence-corrected chi connectivity index (χ3v) is 3.33. The van der Waals surface area contributed by atoms with Crippen molar-refractivity contribution >= 4 is 5.91 Å². The molecule has 4 heteroatoms. The molecule has 1 aromatic rings. The number of amides is 1. The molecule has 17 heavy (non-hydrogen) atoms. The van der Waals surface area contributed by atoms with Crippen LogP contribution in [-0.4, -0.2) is 28.6 Å². The molecule has 0 radical (unpaired) electrons. The molecule has 2 rings (SSSR count). The Morgan fingerprint density at radius 3 is 3.12 bits per heavy atom. The summed E-state index contributed by atoms with van der Waals surface area (Å²) in [5.74, 6) is 0.246. The molecule has 0 saturated heterocycles. The van der Waals surface area contributed by atoms with Gasteiger partial charge in [0, 0.05) is 31.0 Å². The lowest BCUT2D eigenvalue weighted by molar-refractivity contribution is -0.121. The quantitative estimate of drug-likeness (QED) is 0.813. The molecule has 1 aliphatic rings. The van der Waals surface area contributed by atoms with E-state index in [-0.39, 0.29) is 24.5 Å². The number of nitrogens with one attached hydrogen (secondary N) is 1. The minimum Gasteiger partial charge on any atom is -0.396 e. The molecule has 1 amide bonds. The number of aliphatic hydroxyl groups is 1. The number of rotatable bonds is 4. The van der Waals surface area contributed by atoms with Gasteiger partial charge in [-0.2, -0.15) is 0 Å². The topological polar surface area (TPSA) is 62.2 Å². The van der Waals surface area contributed by atoms with Gasteiger partial charge in [-0.3, -0.25) is 9.78 Å². The smallest absolute Gasteiger partial charge is 0.224 e. The highest BCUT2D eigenvalue weighted by atomic mass is 16.3. The van der Waals surface area contributed by atoms with Crippen LogP contribution in [0.1, 0.15) is 24.8 Å². The number of aliphatic hydroxyl groups excluding tert-OH is 1. The first-order chi connectivity index (χ1) is 8.29. The van der Waals surface area contributed by atoms with E-state index in [4.69, 9.17) is 0 Å². The highest BCUT2D eigenvalue weighted by Crippen LogP contribution is 2.24. The van der Waals surface area contributed by atoms with E-state index < -0.39 is 0 Å². The van der Waals surface area contributed by atoms with Gasteiger partial charge in [-0.15, -0.1) is 0 Å². The Hall–Kier alpha value is -1.42. The summed E-state index contributed by atoms with van der Waals surface area (Å²) in [5, 5.41) is 12.2. The maximum atomic E-state index is 11.8. The van der Waals surface area contributed by atoms with Crippen LogP contribution in [0.25, 0.3) is 0 Å². The van der Waals surface area contributed by atoms with Crippen LogP contribution in [0.2, 0.25) is 0 Å². The van der Waals surface area contributed by atoms with Crippen LogP contribution in [0.5, 0.6) is 0 Å². The van der Waals surface area contributed by atoms with E-state index in [0.717, 1.165) is 24.8 Å². The van der Waals surface area contributed by atoms with Crippen molar-refractivity contribution in [2.24, 2.45) is 5.92 Å². The Kier molecular flexibility index (Phi) is 4.09. The van der Waals surface area contributed by atoms with Crippen molar-refractivity contribution in [3.05, 3.63) is 30.1 Å². The average molecular weight is 234 g/mol. The van der Waals surface area contributed by atoms with Crippen LogP contribution in [0.4, 0.5) is 0 Å². The normalized spacial score (nSPS) is 23.6. The Labute approximate surface area is 101 Å². The summed E-state index contributed by atoms with van der Waals surface area (Å²) in [6.45, 7) is 0.165. The summed E-state index contributed by atoms with van der Waals surface area (Å²) in [6.07, 6.45) is 6.84. The largest absolute Gasteiger partial charge is 0.396 e. The van der Waals surface area contributed by atoms with Gasteiger partial charge in [0.15, 0.2) is 0 Å². The summed E-state index contributed by atoms with van der Waals surface area (Å²) in [7, 11) is 0. The van der Waals surface area contributed by atoms with Crippen LogP contribution in [-0.2, 0) is 11.2 Å². The molecule has 1 saturated carbocycles. The second-order valence-corrected chi connectivity index (χ2v) is 4.59. The van der Waals surface area contributed by atoms with Crippen LogP contribution in [0.15, 0.2) is 24.5 Å². The molecular formula is C13H18N2O2. The van der Waals surface area contributed by atoms with Crippen molar-refractivity contribution in [3.8, 4) is 0 Å². The number of pyridine rings is 1. The molecule has 2 unspecified atom stereocenters. The van der Waals surface area contributed by atoms with E-state index in [1.807, 2.05) is 12.1 Å². The molecule has 0 aliphatic heterocycles. The van der Waals surface area contributed by atoms with Gasteiger partial charge in [0.25, 0.3) is 0 Å². The lowest BCUT2D eigenvalue weighted by atomic mass is 10.0. The Morgan fingerprint density at radius 1 is 1.53 bits per heavy atom. The van der Waals surface area contributed by atoms with E-state index in [1.54, 1.807) is 12.4 Å². The number of hydrogen-bond acceptors (Lipinski definition) is 3. The van der Waals surface area contributed by atoms with E-state index in [9.17, 15) is 9.90 Å². The van der Waals surface area contributed by atoms with E-state index in [2.05, 4.69) is 10.3 Å². The lowest BCUT2D eigenvalue weighted by Crippen LogP contribution is -2.39. The minimum atomic E-state index is 0.0170. The third-order valence-electron chi connectivity index (χ3n) is 3.33. The predicted molar refractivity (Wildman–Crippen MR) is 64.3 cm³/mol. The number of aromatic nitrogens is 1. The van der Waals surface area contributed by atoms with Crippen molar-refractivity contribution in [1.82, 2.24) is 10.3 Å². The molecule has 1 heterocycles. The molecule has 1 aliphatic carbocycles. The SMILES string of the molecule is O=C(Cc1cccnc1)NC1CCCC1CO. The van der Waals surface area contributed by atoms with Crippen molar-refractivity contribution in [3.63, 3.8) is 0 Å². The summed E-state index contributed by atoms with van der Waals surface area (Å²) < 4.78 is 0. The highest BCUT2D eigenvalue weighted by Gasteiger charge is 2.27. The number of carbonyl (C=O) groups excluding carboxylic acids is 1. The van der Waals surface area contributed by atoms with Crippen LogP contribution in [0.3, 0.4) is 0 Å². The fourth-order valence-electron chi connectivity index (χ4n) is 2.39. The molecule has 0 bridgehead atoms. The Morgan fingerprint density at radius 2 is 2.41 bits per heavy atom. The van der Waals surface area contributed by atoms with Gasteiger partial charge in [0.05, 0.1) is 6.42 Å². The molecule has 0 spiro atoms. The van der Waals surface area contributed by atoms with Gasteiger partial charge in [0.1, 0.15) is 0 Å². The molecule has 1 fully saturated rings. The molecular weight excluding hydrogens is 216 g/mol. The van der Waals surface area contributed by atoms with Gasteiger partial charge < -0.3 is 10.4 Å². The fourth-order valence-corrected chi connectivity index (χ4v) is 2.39. The van der Waals surface area contributed by atoms with Crippen molar-refractivity contribution in [2.75, 3.05) is 6.61 Å². The zero-order valence-corrected chi connectivity index (χ0v) is 9.80. The van der Waals surface area contributed by atoms with Gasteiger partial charge >= 0.3 is 0 Å². The average Bonchev–Trinajstić information content (AvgIpc) is 2.77. The molecule has 4 nitrogen and oxygen atoms in total. The zero-order chi connectivity index (χ0) is 12.1.